The van der Waals surface area contributed by atoms with Gasteiger partial charge in [-0.2, -0.15) is 0 Å². The van der Waals surface area contributed by atoms with Crippen molar-refractivity contribution in [2.24, 2.45) is 23.0 Å². The number of hydrogen-bond acceptors (Lipinski definition) is 2. The van der Waals surface area contributed by atoms with Crippen LogP contribution in [-0.2, 0) is 4.79 Å². The van der Waals surface area contributed by atoms with Gasteiger partial charge in [-0.05, 0) is 23.8 Å². The zero-order valence-corrected chi connectivity index (χ0v) is 13.5. The van der Waals surface area contributed by atoms with Crippen LogP contribution in [0.5, 0.6) is 0 Å². The van der Waals surface area contributed by atoms with E-state index in [1.165, 1.54) is 0 Å². The van der Waals surface area contributed by atoms with Gasteiger partial charge in [0.05, 0.1) is 0 Å². The Hall–Kier alpha value is -1.15. The van der Waals surface area contributed by atoms with E-state index in [-0.39, 0.29) is 11.5 Å². The Balaban J connectivity index is 2.67. The first-order chi connectivity index (χ1) is 9.30. The lowest BCUT2D eigenvalue weighted by Crippen LogP contribution is -2.38. The monoisotopic (exact) mass is 275 g/mol. The third kappa shape index (κ3) is 3.69. The summed E-state index contributed by atoms with van der Waals surface area (Å²) >= 11 is 0. The molecule has 0 unspecified atom stereocenters. The van der Waals surface area contributed by atoms with E-state index >= 15 is 0 Å². The molecule has 0 amide bonds. The number of carbonyl (C=O) groups excluding carboxylic acids is 1. The predicted molar refractivity (Wildman–Crippen MR) is 85.4 cm³/mol. The Morgan fingerprint density at radius 1 is 1.10 bits per heavy atom. The van der Waals surface area contributed by atoms with Gasteiger partial charge in [0.1, 0.15) is 5.78 Å². The van der Waals surface area contributed by atoms with Gasteiger partial charge in [-0.1, -0.05) is 65.0 Å². The van der Waals surface area contributed by atoms with Gasteiger partial charge in [0.25, 0.3) is 0 Å². The van der Waals surface area contributed by atoms with Gasteiger partial charge in [-0.3, -0.25) is 4.79 Å². The van der Waals surface area contributed by atoms with Crippen LogP contribution >= 0.6 is 0 Å². The number of nitrogens with two attached hydrogens (primary N) is 1. The van der Waals surface area contributed by atoms with E-state index in [4.69, 9.17) is 5.73 Å². The van der Waals surface area contributed by atoms with Gasteiger partial charge in [-0.25, -0.2) is 0 Å². The van der Waals surface area contributed by atoms with Crippen molar-refractivity contribution in [3.05, 3.63) is 35.9 Å². The highest BCUT2D eigenvalue weighted by Gasteiger charge is 2.38. The molecule has 0 saturated heterocycles. The van der Waals surface area contributed by atoms with Crippen molar-refractivity contribution in [1.82, 2.24) is 0 Å². The maximum atomic E-state index is 12.6. The standard InChI is InChI=1S/C18H29NO/c1-13(2)18(5,14(3)4)17(20)12-11-16(19)15-9-7-6-8-10-15/h6-10,13-14,16H,11-12,19H2,1-5H3/t16-/m1/s1. The van der Waals surface area contributed by atoms with Crippen LogP contribution in [0.25, 0.3) is 0 Å². The molecule has 2 N–H and O–H groups in total. The normalized spacial score (nSPS) is 13.8. The van der Waals surface area contributed by atoms with Gasteiger partial charge < -0.3 is 5.73 Å². The Morgan fingerprint density at radius 3 is 2.05 bits per heavy atom. The molecule has 0 spiro atoms. The third-order valence-electron chi connectivity index (χ3n) is 4.91. The zero-order chi connectivity index (χ0) is 15.3. The quantitative estimate of drug-likeness (QED) is 0.803. The summed E-state index contributed by atoms with van der Waals surface area (Å²) in [6, 6.07) is 9.96. The maximum Gasteiger partial charge on any atom is 0.139 e. The Bertz CT molecular complexity index is 414. The Morgan fingerprint density at radius 2 is 1.60 bits per heavy atom. The van der Waals surface area contributed by atoms with Crippen LogP contribution in [0.4, 0.5) is 0 Å². The fourth-order valence-electron chi connectivity index (χ4n) is 2.73. The van der Waals surface area contributed by atoms with E-state index in [0.717, 1.165) is 12.0 Å². The summed E-state index contributed by atoms with van der Waals surface area (Å²) in [7, 11) is 0. The van der Waals surface area contributed by atoms with E-state index in [1.807, 2.05) is 30.3 Å². The van der Waals surface area contributed by atoms with Crippen LogP contribution in [0.1, 0.15) is 59.1 Å². The van der Waals surface area contributed by atoms with Gasteiger partial charge in [0, 0.05) is 17.9 Å². The lowest BCUT2D eigenvalue weighted by atomic mass is 9.66. The highest BCUT2D eigenvalue weighted by atomic mass is 16.1. The number of carbonyl (C=O) groups is 1. The summed E-state index contributed by atoms with van der Waals surface area (Å²) < 4.78 is 0. The summed E-state index contributed by atoms with van der Waals surface area (Å²) in [5.74, 6) is 1.04. The summed E-state index contributed by atoms with van der Waals surface area (Å²) in [4.78, 5) is 12.6. The van der Waals surface area contributed by atoms with Crippen molar-refractivity contribution >= 4 is 5.78 Å². The highest BCUT2D eigenvalue weighted by Crippen LogP contribution is 2.38. The molecule has 1 aromatic rings. The lowest BCUT2D eigenvalue weighted by Gasteiger charge is -2.36. The fourth-order valence-corrected chi connectivity index (χ4v) is 2.73. The molecule has 112 valence electrons. The molecule has 20 heavy (non-hydrogen) atoms. The lowest BCUT2D eigenvalue weighted by molar-refractivity contribution is -0.133. The van der Waals surface area contributed by atoms with E-state index in [9.17, 15) is 4.79 Å². The first-order valence-corrected chi connectivity index (χ1v) is 7.64. The van der Waals surface area contributed by atoms with Gasteiger partial charge in [0.15, 0.2) is 0 Å². The molecule has 0 heterocycles. The van der Waals surface area contributed by atoms with Crippen molar-refractivity contribution in [1.29, 1.82) is 0 Å². The number of rotatable bonds is 7. The van der Waals surface area contributed by atoms with Gasteiger partial charge >= 0.3 is 0 Å². The molecule has 1 atom stereocenters. The second kappa shape index (κ2) is 7.03. The minimum Gasteiger partial charge on any atom is -0.324 e. The van der Waals surface area contributed by atoms with Crippen LogP contribution in [0, 0.1) is 17.3 Å². The molecule has 0 aromatic heterocycles. The molecule has 0 aliphatic carbocycles. The number of Topliss-reactive ketones (excluding diaryl/α,β-unsaturated/α-hetero) is 1. The molecular weight excluding hydrogens is 246 g/mol. The van der Waals surface area contributed by atoms with E-state index in [2.05, 4.69) is 34.6 Å². The third-order valence-corrected chi connectivity index (χ3v) is 4.91. The molecule has 2 nitrogen and oxygen atoms in total. The molecule has 0 saturated carbocycles. The number of benzene rings is 1. The average Bonchev–Trinajstić information content (AvgIpc) is 2.43. The first kappa shape index (κ1) is 16.9. The van der Waals surface area contributed by atoms with E-state index in [1.54, 1.807) is 0 Å². The van der Waals surface area contributed by atoms with Crippen LogP contribution in [0.15, 0.2) is 30.3 Å². The molecule has 0 radical (unpaired) electrons. The molecule has 2 heteroatoms. The van der Waals surface area contributed by atoms with Crippen molar-refractivity contribution in [2.45, 2.75) is 53.5 Å². The minimum atomic E-state index is -0.254. The SMILES string of the molecule is CC(C)C(C)(C(=O)CC[C@@H](N)c1ccccc1)C(C)C. The van der Waals surface area contributed by atoms with Crippen molar-refractivity contribution in [3.8, 4) is 0 Å². The fraction of sp³-hybridized carbons (Fsp3) is 0.611. The highest BCUT2D eigenvalue weighted by molar-refractivity contribution is 5.85. The molecular formula is C18H29NO. The summed E-state index contributed by atoms with van der Waals surface area (Å²) in [5, 5.41) is 0. The largest absolute Gasteiger partial charge is 0.324 e. The molecule has 0 fully saturated rings. The van der Waals surface area contributed by atoms with Crippen molar-refractivity contribution in [2.75, 3.05) is 0 Å². The minimum absolute atomic E-state index is 0.0521. The summed E-state index contributed by atoms with van der Waals surface area (Å²) in [5.41, 5.74) is 7.04. The average molecular weight is 275 g/mol. The molecule has 1 rings (SSSR count). The van der Waals surface area contributed by atoms with Crippen LogP contribution in [0.3, 0.4) is 0 Å². The predicted octanol–water partition coefficient (Wildman–Crippen LogP) is 4.35. The Labute approximate surface area is 123 Å². The van der Waals surface area contributed by atoms with Crippen LogP contribution in [0.2, 0.25) is 0 Å². The number of hydrogen-bond donors (Lipinski definition) is 1. The van der Waals surface area contributed by atoms with E-state index < -0.39 is 0 Å². The smallest absolute Gasteiger partial charge is 0.139 e. The summed E-state index contributed by atoms with van der Waals surface area (Å²) in [6.45, 7) is 10.6. The molecule has 1 aromatic carbocycles. The van der Waals surface area contributed by atoms with Crippen molar-refractivity contribution in [3.63, 3.8) is 0 Å². The molecule has 0 bridgehead atoms. The van der Waals surface area contributed by atoms with Gasteiger partial charge in [-0.15, -0.1) is 0 Å². The van der Waals surface area contributed by atoms with Crippen LogP contribution < -0.4 is 5.73 Å². The second-order valence-corrected chi connectivity index (χ2v) is 6.57. The number of ketones is 1. The van der Waals surface area contributed by atoms with Crippen LogP contribution in [-0.4, -0.2) is 5.78 Å². The topological polar surface area (TPSA) is 43.1 Å². The first-order valence-electron chi connectivity index (χ1n) is 7.64. The molecule has 0 aliphatic rings. The molecule has 0 aliphatic heterocycles. The van der Waals surface area contributed by atoms with Crippen molar-refractivity contribution < 1.29 is 4.79 Å². The Kier molecular flexibility index (Phi) is 5.94. The van der Waals surface area contributed by atoms with Gasteiger partial charge in [0.2, 0.25) is 0 Å². The zero-order valence-electron chi connectivity index (χ0n) is 13.5. The van der Waals surface area contributed by atoms with E-state index in [0.29, 0.717) is 24.0 Å². The maximum absolute atomic E-state index is 12.6. The summed E-state index contributed by atoms with van der Waals surface area (Å²) in [6.07, 6.45) is 1.28. The second-order valence-electron chi connectivity index (χ2n) is 6.57.